The fourth-order valence-electron chi connectivity index (χ4n) is 3.04. The predicted octanol–water partition coefficient (Wildman–Crippen LogP) is 3.84. The second kappa shape index (κ2) is 11.7. The summed E-state index contributed by atoms with van der Waals surface area (Å²) in [4.78, 5) is 27.2. The van der Waals surface area contributed by atoms with E-state index in [1.807, 2.05) is 6.92 Å². The lowest BCUT2D eigenvalue weighted by atomic mass is 10.1. The monoisotopic (exact) mass is 517 g/mol. The molecule has 2 amide bonds. The number of hydrogen-bond donors (Lipinski definition) is 1. The van der Waals surface area contributed by atoms with E-state index in [-0.39, 0.29) is 28.2 Å². The zero-order valence-electron chi connectivity index (χ0n) is 18.5. The number of carbonyl (C=O) groups is 2. The molecule has 0 bridgehead atoms. The maximum absolute atomic E-state index is 13.4. The molecule has 0 spiro atoms. The summed E-state index contributed by atoms with van der Waals surface area (Å²) in [6, 6.07) is 8.84. The lowest BCUT2D eigenvalue weighted by Gasteiger charge is -2.31. The number of rotatable bonds is 10. The number of sulfonamides is 1. The molecule has 1 N–H and O–H groups in total. The van der Waals surface area contributed by atoms with Crippen molar-refractivity contribution in [2.45, 2.75) is 32.9 Å². The maximum atomic E-state index is 13.4. The van der Waals surface area contributed by atoms with Crippen molar-refractivity contribution in [2.24, 2.45) is 0 Å². The molecular weight excluding hydrogens is 492 g/mol. The quantitative estimate of drug-likeness (QED) is 0.518. The van der Waals surface area contributed by atoms with Gasteiger partial charge in [-0.1, -0.05) is 42.3 Å². The normalized spacial score (nSPS) is 12.2. The molecule has 180 valence electrons. The van der Waals surface area contributed by atoms with Crippen LogP contribution >= 0.6 is 23.2 Å². The van der Waals surface area contributed by atoms with Gasteiger partial charge in [-0.3, -0.25) is 13.9 Å². The van der Waals surface area contributed by atoms with Crippen LogP contribution in [-0.2, 0) is 26.2 Å². The van der Waals surface area contributed by atoms with Crippen molar-refractivity contribution < 1.29 is 22.4 Å². The van der Waals surface area contributed by atoms with Gasteiger partial charge in [-0.25, -0.2) is 12.8 Å². The van der Waals surface area contributed by atoms with Crippen molar-refractivity contribution in [1.29, 1.82) is 0 Å². The van der Waals surface area contributed by atoms with E-state index in [2.05, 4.69) is 5.32 Å². The van der Waals surface area contributed by atoms with Crippen molar-refractivity contribution in [3.05, 3.63) is 63.9 Å². The van der Waals surface area contributed by atoms with E-state index in [0.29, 0.717) is 18.5 Å². The third-order valence-electron chi connectivity index (χ3n) is 4.84. The van der Waals surface area contributed by atoms with Crippen molar-refractivity contribution >= 4 is 50.7 Å². The summed E-state index contributed by atoms with van der Waals surface area (Å²) in [6.07, 6.45) is 1.65. The van der Waals surface area contributed by atoms with Crippen LogP contribution in [0.1, 0.15) is 25.8 Å². The Bertz CT molecular complexity index is 1100. The van der Waals surface area contributed by atoms with Gasteiger partial charge in [0.05, 0.1) is 17.0 Å². The summed E-state index contributed by atoms with van der Waals surface area (Å²) >= 11 is 12.2. The van der Waals surface area contributed by atoms with Gasteiger partial charge < -0.3 is 10.2 Å². The van der Waals surface area contributed by atoms with Crippen LogP contribution < -0.4 is 9.62 Å². The van der Waals surface area contributed by atoms with E-state index in [4.69, 9.17) is 23.2 Å². The zero-order valence-corrected chi connectivity index (χ0v) is 20.8. The third-order valence-corrected chi connectivity index (χ3v) is 6.52. The number of hydrogen-bond acceptors (Lipinski definition) is 4. The van der Waals surface area contributed by atoms with E-state index in [0.717, 1.165) is 10.6 Å². The van der Waals surface area contributed by atoms with E-state index in [1.54, 1.807) is 6.92 Å². The van der Waals surface area contributed by atoms with E-state index in [1.165, 1.54) is 47.4 Å². The SMILES string of the molecule is CCCNC(=O)[C@@H](C)N(Cc1ccc(F)cc1)C(=O)CN(c1cc(Cl)ccc1Cl)S(C)(=O)=O. The molecule has 0 aliphatic heterocycles. The van der Waals surface area contributed by atoms with Crippen LogP contribution in [0.25, 0.3) is 0 Å². The molecule has 0 saturated heterocycles. The summed E-state index contributed by atoms with van der Waals surface area (Å²) in [5.41, 5.74) is 0.622. The first-order valence-corrected chi connectivity index (χ1v) is 12.8. The van der Waals surface area contributed by atoms with Crippen LogP contribution in [-0.4, -0.2) is 50.5 Å². The van der Waals surface area contributed by atoms with Crippen molar-refractivity contribution in [3.8, 4) is 0 Å². The van der Waals surface area contributed by atoms with Gasteiger partial charge in [0.1, 0.15) is 18.4 Å². The lowest BCUT2D eigenvalue weighted by Crippen LogP contribution is -2.51. The zero-order chi connectivity index (χ0) is 24.8. The molecule has 0 fully saturated rings. The molecule has 0 saturated carbocycles. The molecule has 2 aromatic rings. The van der Waals surface area contributed by atoms with Crippen LogP contribution in [0.4, 0.5) is 10.1 Å². The second-order valence-electron chi connectivity index (χ2n) is 7.48. The van der Waals surface area contributed by atoms with Crippen LogP contribution in [0.3, 0.4) is 0 Å². The van der Waals surface area contributed by atoms with Crippen LogP contribution in [0.5, 0.6) is 0 Å². The van der Waals surface area contributed by atoms with Gasteiger partial charge in [-0.15, -0.1) is 0 Å². The van der Waals surface area contributed by atoms with Crippen LogP contribution in [0.2, 0.25) is 10.0 Å². The van der Waals surface area contributed by atoms with Crippen molar-refractivity contribution in [1.82, 2.24) is 10.2 Å². The summed E-state index contributed by atoms with van der Waals surface area (Å²) in [5, 5.41) is 3.07. The number of nitrogens with one attached hydrogen (secondary N) is 1. The molecule has 7 nitrogen and oxygen atoms in total. The number of halogens is 3. The minimum Gasteiger partial charge on any atom is -0.354 e. The highest BCUT2D eigenvalue weighted by atomic mass is 35.5. The van der Waals surface area contributed by atoms with Crippen LogP contribution in [0, 0.1) is 5.82 Å². The van der Waals surface area contributed by atoms with Gasteiger partial charge in [0.2, 0.25) is 21.8 Å². The molecule has 1 atom stereocenters. The molecule has 11 heteroatoms. The molecule has 0 aliphatic carbocycles. The summed E-state index contributed by atoms with van der Waals surface area (Å²) < 4.78 is 39.2. The molecular formula is C22H26Cl2FN3O4S. The largest absolute Gasteiger partial charge is 0.354 e. The Morgan fingerprint density at radius 2 is 1.76 bits per heavy atom. The fraction of sp³-hybridized carbons (Fsp3) is 0.364. The number of amides is 2. The van der Waals surface area contributed by atoms with E-state index in [9.17, 15) is 22.4 Å². The smallest absolute Gasteiger partial charge is 0.244 e. The Morgan fingerprint density at radius 3 is 2.33 bits per heavy atom. The minimum absolute atomic E-state index is 0.0271. The minimum atomic E-state index is -3.93. The Kier molecular flexibility index (Phi) is 9.51. The van der Waals surface area contributed by atoms with Gasteiger partial charge >= 0.3 is 0 Å². The Labute approximate surface area is 203 Å². The first kappa shape index (κ1) is 26.9. The average molecular weight is 518 g/mol. The maximum Gasteiger partial charge on any atom is 0.244 e. The first-order valence-electron chi connectivity index (χ1n) is 10.2. The highest BCUT2D eigenvalue weighted by molar-refractivity contribution is 7.92. The van der Waals surface area contributed by atoms with Gasteiger partial charge in [-0.2, -0.15) is 0 Å². The molecule has 0 heterocycles. The number of benzene rings is 2. The number of anilines is 1. The van der Waals surface area contributed by atoms with Crippen LogP contribution in [0.15, 0.2) is 42.5 Å². The standard InChI is InChI=1S/C22H26Cl2FN3O4S/c1-4-11-26-22(30)15(2)27(13-16-5-8-18(25)9-6-16)21(29)14-28(33(3,31)32)20-12-17(23)7-10-19(20)24/h5-10,12,15H,4,11,13-14H2,1-3H3,(H,26,30)/t15-/m1/s1. The fourth-order valence-corrected chi connectivity index (χ4v) is 4.33. The molecule has 2 aromatic carbocycles. The molecule has 33 heavy (non-hydrogen) atoms. The third kappa shape index (κ3) is 7.58. The molecule has 2 rings (SSSR count). The topological polar surface area (TPSA) is 86.8 Å². The van der Waals surface area contributed by atoms with Gasteiger partial charge in [-0.05, 0) is 49.2 Å². The van der Waals surface area contributed by atoms with Crippen molar-refractivity contribution in [3.63, 3.8) is 0 Å². The second-order valence-corrected chi connectivity index (χ2v) is 10.2. The molecule has 0 unspecified atom stereocenters. The summed E-state index contributed by atoms with van der Waals surface area (Å²) in [5.74, 6) is -1.47. The van der Waals surface area contributed by atoms with Gasteiger partial charge in [0.15, 0.2) is 0 Å². The van der Waals surface area contributed by atoms with Gasteiger partial charge in [0.25, 0.3) is 0 Å². The van der Waals surface area contributed by atoms with E-state index < -0.39 is 34.3 Å². The molecule has 0 aliphatic rings. The number of nitrogens with zero attached hydrogens (tertiary/aromatic N) is 2. The highest BCUT2D eigenvalue weighted by Gasteiger charge is 2.30. The van der Waals surface area contributed by atoms with Crippen molar-refractivity contribution in [2.75, 3.05) is 23.7 Å². The van der Waals surface area contributed by atoms with E-state index >= 15 is 0 Å². The first-order chi connectivity index (χ1) is 15.4. The summed E-state index contributed by atoms with van der Waals surface area (Å²) in [7, 11) is -3.93. The summed E-state index contributed by atoms with van der Waals surface area (Å²) in [6.45, 7) is 3.23. The molecule has 0 radical (unpaired) electrons. The number of carbonyl (C=O) groups excluding carboxylic acids is 2. The highest BCUT2D eigenvalue weighted by Crippen LogP contribution is 2.30. The molecule has 0 aromatic heterocycles. The van der Waals surface area contributed by atoms with Gasteiger partial charge in [0, 0.05) is 18.1 Å². The lowest BCUT2D eigenvalue weighted by molar-refractivity contribution is -0.139. The predicted molar refractivity (Wildman–Crippen MR) is 128 cm³/mol. The Balaban J connectivity index is 2.40. The Morgan fingerprint density at radius 1 is 1.12 bits per heavy atom. The average Bonchev–Trinajstić information content (AvgIpc) is 2.75. The Hall–Kier alpha value is -2.36.